The number of ether oxygens (including phenoxy) is 6. The fraction of sp³-hybridized carbons (Fsp3) is 0.654. The van der Waals surface area contributed by atoms with Crippen molar-refractivity contribution in [1.29, 1.82) is 0 Å². The molecule has 0 saturated carbocycles. The van der Waals surface area contributed by atoms with Crippen LogP contribution in [0.1, 0.15) is 40.0 Å². The molecule has 0 heterocycles. The van der Waals surface area contributed by atoms with Crippen LogP contribution in [0.4, 0.5) is 0 Å². The number of carbonyl (C=O) groups is 3. The van der Waals surface area contributed by atoms with Gasteiger partial charge in [-0.3, -0.25) is 0 Å². The van der Waals surface area contributed by atoms with Crippen molar-refractivity contribution in [1.82, 2.24) is 0 Å². The lowest BCUT2D eigenvalue weighted by Crippen LogP contribution is -2.46. The molecule has 0 aromatic heterocycles. The van der Waals surface area contributed by atoms with Crippen LogP contribution in [0, 0.1) is 0 Å². The zero-order valence-corrected chi connectivity index (χ0v) is 23.2. The first-order valence-corrected chi connectivity index (χ1v) is 12.8. The first-order valence-electron chi connectivity index (χ1n) is 12.8. The smallest absolute Gasteiger partial charge is 0.373 e. The largest absolute Gasteiger partial charge is 0.502 e. The van der Waals surface area contributed by atoms with Crippen molar-refractivity contribution in [3.05, 3.63) is 35.5 Å². The van der Waals surface area contributed by atoms with Gasteiger partial charge in [0.2, 0.25) is 0 Å². The van der Waals surface area contributed by atoms with E-state index in [1.165, 1.54) is 39.0 Å². The normalized spacial score (nSPS) is 14.8. The molecule has 0 aliphatic carbocycles. The summed E-state index contributed by atoms with van der Waals surface area (Å²) in [5.41, 5.74) is 0. The molecule has 14 nitrogen and oxygen atoms in total. The highest BCUT2D eigenvalue weighted by Gasteiger charge is 2.30. The summed E-state index contributed by atoms with van der Waals surface area (Å²) in [4.78, 5) is 34.5. The van der Waals surface area contributed by atoms with Crippen LogP contribution in [0.2, 0.25) is 0 Å². The summed E-state index contributed by atoms with van der Waals surface area (Å²) in [6.45, 7) is 3.67. The van der Waals surface area contributed by atoms with Gasteiger partial charge >= 0.3 is 17.9 Å². The average Bonchev–Trinajstić information content (AvgIpc) is 2.97. The molecule has 40 heavy (non-hydrogen) atoms. The van der Waals surface area contributed by atoms with E-state index in [4.69, 9.17) is 28.4 Å². The molecule has 5 N–H and O–H groups in total. The second-order valence-corrected chi connectivity index (χ2v) is 8.06. The lowest BCUT2D eigenvalue weighted by Gasteiger charge is -2.30. The van der Waals surface area contributed by atoms with Gasteiger partial charge in [0.1, 0.15) is 18.3 Å². The van der Waals surface area contributed by atoms with Crippen LogP contribution in [-0.2, 0) is 42.8 Å². The van der Waals surface area contributed by atoms with Crippen LogP contribution in [0.5, 0.6) is 0 Å². The summed E-state index contributed by atoms with van der Waals surface area (Å²) in [6.07, 6.45) is 0.988. The van der Waals surface area contributed by atoms with Crippen molar-refractivity contribution in [2.24, 2.45) is 0 Å². The number of hydrogen-bond donors (Lipinski definition) is 5. The summed E-state index contributed by atoms with van der Waals surface area (Å²) in [7, 11) is 0. The number of aliphatic hydroxyl groups is 5. The highest BCUT2D eigenvalue weighted by atomic mass is 16.6. The average molecular weight is 579 g/mol. The second-order valence-electron chi connectivity index (χ2n) is 8.06. The van der Waals surface area contributed by atoms with Crippen molar-refractivity contribution >= 4 is 17.9 Å². The first-order chi connectivity index (χ1) is 19.1. The summed E-state index contributed by atoms with van der Waals surface area (Å²) >= 11 is 0. The Kier molecular flexibility index (Phi) is 20.8. The Hall–Kier alpha value is -3.17. The fourth-order valence-electron chi connectivity index (χ4n) is 2.81. The predicted octanol–water partition coefficient (Wildman–Crippen LogP) is 1.31. The molecular formula is C26H42O14. The maximum atomic E-state index is 11.5. The van der Waals surface area contributed by atoms with Crippen LogP contribution in [-0.4, -0.2) is 115 Å². The molecule has 0 aliphatic heterocycles. The SMILES string of the molecule is CC=C(O)C(=O)OCCCOCC(OCCCOC(=O)C(O)=CC)C(OCCCOC(=O)C(O)=CC)C(O)CO. The Balaban J connectivity index is 4.97. The van der Waals surface area contributed by atoms with Gasteiger partial charge in [0.15, 0.2) is 17.3 Å². The van der Waals surface area contributed by atoms with Gasteiger partial charge in [0, 0.05) is 25.9 Å². The Labute approximate surface area is 233 Å². The van der Waals surface area contributed by atoms with E-state index < -0.39 is 60.1 Å². The Morgan fingerprint density at radius 2 is 1.05 bits per heavy atom. The van der Waals surface area contributed by atoms with E-state index in [0.29, 0.717) is 6.42 Å². The molecular weight excluding hydrogens is 536 g/mol. The van der Waals surface area contributed by atoms with E-state index in [9.17, 15) is 39.9 Å². The fourth-order valence-corrected chi connectivity index (χ4v) is 2.81. The van der Waals surface area contributed by atoms with Crippen LogP contribution < -0.4 is 0 Å². The van der Waals surface area contributed by atoms with Gasteiger partial charge in [-0.1, -0.05) is 0 Å². The van der Waals surface area contributed by atoms with E-state index in [1.807, 2.05) is 0 Å². The Morgan fingerprint density at radius 1 is 0.650 bits per heavy atom. The van der Waals surface area contributed by atoms with Crippen LogP contribution in [0.3, 0.4) is 0 Å². The predicted molar refractivity (Wildman–Crippen MR) is 139 cm³/mol. The van der Waals surface area contributed by atoms with Crippen LogP contribution in [0.15, 0.2) is 35.5 Å². The van der Waals surface area contributed by atoms with Gasteiger partial charge in [-0.2, -0.15) is 0 Å². The molecule has 0 rings (SSSR count). The first kappa shape index (κ1) is 36.8. The quantitative estimate of drug-likeness (QED) is 0.0404. The molecule has 0 amide bonds. The lowest BCUT2D eigenvalue weighted by molar-refractivity contribution is -0.157. The molecule has 3 unspecified atom stereocenters. The van der Waals surface area contributed by atoms with Crippen LogP contribution >= 0.6 is 0 Å². The van der Waals surface area contributed by atoms with E-state index in [1.54, 1.807) is 0 Å². The minimum absolute atomic E-state index is 0.00387. The monoisotopic (exact) mass is 578 g/mol. The number of allylic oxidation sites excluding steroid dienone is 3. The molecule has 3 atom stereocenters. The third-order valence-corrected chi connectivity index (χ3v) is 5.01. The van der Waals surface area contributed by atoms with Crippen molar-refractivity contribution < 1.29 is 68.3 Å². The van der Waals surface area contributed by atoms with Gasteiger partial charge in [-0.05, 0) is 39.0 Å². The zero-order valence-electron chi connectivity index (χ0n) is 23.2. The molecule has 0 spiro atoms. The highest BCUT2D eigenvalue weighted by Crippen LogP contribution is 2.13. The Bertz CT molecular complexity index is 835. The van der Waals surface area contributed by atoms with E-state index in [0.717, 1.165) is 0 Å². The van der Waals surface area contributed by atoms with Crippen molar-refractivity contribution in [3.63, 3.8) is 0 Å². The summed E-state index contributed by atoms with van der Waals surface area (Å²) in [5.74, 6) is -4.19. The van der Waals surface area contributed by atoms with Gasteiger partial charge in [0.05, 0.1) is 46.2 Å². The van der Waals surface area contributed by atoms with Gasteiger partial charge in [-0.15, -0.1) is 0 Å². The summed E-state index contributed by atoms with van der Waals surface area (Å²) in [6, 6.07) is 0. The zero-order chi connectivity index (χ0) is 30.3. The molecule has 0 aliphatic rings. The summed E-state index contributed by atoms with van der Waals surface area (Å²) in [5, 5.41) is 47.8. The van der Waals surface area contributed by atoms with E-state index in [-0.39, 0.29) is 59.1 Å². The molecule has 0 aromatic carbocycles. The molecule has 0 bridgehead atoms. The third-order valence-electron chi connectivity index (χ3n) is 5.01. The van der Waals surface area contributed by atoms with Gasteiger partial charge in [-0.25, -0.2) is 14.4 Å². The Morgan fingerprint density at radius 3 is 1.45 bits per heavy atom. The molecule has 0 aromatic rings. The standard InChI is InChI=1S/C26H42O14/c1-4-18(28)24(32)38-13-7-10-35-17-22(36-11-8-14-39-25(33)19(29)5-2)23(21(31)16-27)37-12-9-15-40-26(34)20(30)6-3/h4-6,21-23,27-31H,7-17H2,1-3H3. The number of rotatable bonds is 22. The number of aliphatic hydroxyl groups excluding tert-OH is 5. The second kappa shape index (κ2) is 22.6. The maximum absolute atomic E-state index is 11.5. The van der Waals surface area contributed by atoms with Crippen LogP contribution in [0.25, 0.3) is 0 Å². The third kappa shape index (κ3) is 16.1. The minimum atomic E-state index is -1.36. The molecule has 0 fully saturated rings. The minimum Gasteiger partial charge on any atom is -0.502 e. The lowest BCUT2D eigenvalue weighted by atomic mass is 10.1. The molecule has 14 heteroatoms. The van der Waals surface area contributed by atoms with Crippen molar-refractivity contribution in [2.75, 3.05) is 52.9 Å². The van der Waals surface area contributed by atoms with Gasteiger partial charge < -0.3 is 54.0 Å². The summed E-state index contributed by atoms with van der Waals surface area (Å²) < 4.78 is 31.7. The van der Waals surface area contributed by atoms with E-state index >= 15 is 0 Å². The van der Waals surface area contributed by atoms with Crippen molar-refractivity contribution in [2.45, 2.75) is 58.3 Å². The number of hydrogen-bond acceptors (Lipinski definition) is 14. The molecule has 0 saturated heterocycles. The highest BCUT2D eigenvalue weighted by molar-refractivity contribution is 5.86. The van der Waals surface area contributed by atoms with Gasteiger partial charge in [0.25, 0.3) is 0 Å². The number of esters is 3. The maximum Gasteiger partial charge on any atom is 0.373 e. The topological polar surface area (TPSA) is 208 Å². The molecule has 0 radical (unpaired) electrons. The van der Waals surface area contributed by atoms with Crippen molar-refractivity contribution in [3.8, 4) is 0 Å². The van der Waals surface area contributed by atoms with E-state index in [2.05, 4.69) is 0 Å². The molecule has 230 valence electrons. The number of carbonyl (C=O) groups excluding carboxylic acids is 3.